The van der Waals surface area contributed by atoms with Crippen molar-refractivity contribution >= 4 is 5.91 Å². The first-order chi connectivity index (χ1) is 10.1. The van der Waals surface area contributed by atoms with Crippen LogP contribution in [0.1, 0.15) is 37.2 Å². The number of hydrogen-bond acceptors (Lipinski definition) is 2. The minimum atomic E-state index is -0.456. The predicted octanol–water partition coefficient (Wildman–Crippen LogP) is 2.41. The molecule has 3 nitrogen and oxygen atoms in total. The molecular formula is C16H20F2N2O. The fourth-order valence-corrected chi connectivity index (χ4v) is 3.36. The summed E-state index contributed by atoms with van der Waals surface area (Å²) in [6.07, 6.45) is 3.63. The summed E-state index contributed by atoms with van der Waals surface area (Å²) in [6.45, 7) is 1.20. The summed E-state index contributed by atoms with van der Waals surface area (Å²) in [5, 5.41) is 0. The molecule has 5 heteroatoms. The standard InChI is InChI=1S/C16H20F2N2O/c17-10-4-5-15(18)13(7-10)12-8-14(12)16(21)20-6-2-1-3-11(20)9-19/h4-5,7,11-12,14H,1-3,6,8-9,19H2. The van der Waals surface area contributed by atoms with E-state index in [-0.39, 0.29) is 23.8 Å². The van der Waals surface area contributed by atoms with Crippen molar-refractivity contribution in [3.63, 3.8) is 0 Å². The number of rotatable bonds is 3. The highest BCUT2D eigenvalue weighted by Gasteiger charge is 2.48. The Morgan fingerprint density at radius 1 is 1.33 bits per heavy atom. The van der Waals surface area contributed by atoms with Crippen molar-refractivity contribution in [3.8, 4) is 0 Å². The number of carbonyl (C=O) groups is 1. The zero-order valence-electron chi connectivity index (χ0n) is 11.9. The number of carbonyl (C=O) groups excluding carboxylic acids is 1. The Morgan fingerprint density at radius 2 is 2.14 bits per heavy atom. The van der Waals surface area contributed by atoms with Crippen molar-refractivity contribution < 1.29 is 13.6 Å². The molecule has 1 saturated heterocycles. The molecule has 2 N–H and O–H groups in total. The van der Waals surface area contributed by atoms with Crippen molar-refractivity contribution in [2.45, 2.75) is 37.6 Å². The lowest BCUT2D eigenvalue weighted by Crippen LogP contribution is -2.48. The van der Waals surface area contributed by atoms with Gasteiger partial charge in [0.1, 0.15) is 11.6 Å². The van der Waals surface area contributed by atoms with Gasteiger partial charge in [-0.25, -0.2) is 8.78 Å². The summed E-state index contributed by atoms with van der Waals surface area (Å²) in [4.78, 5) is 14.4. The lowest BCUT2D eigenvalue weighted by atomic mass is 10.0. The van der Waals surface area contributed by atoms with Crippen LogP contribution in [0.25, 0.3) is 0 Å². The first-order valence-corrected chi connectivity index (χ1v) is 7.57. The Hall–Kier alpha value is -1.49. The number of nitrogens with two attached hydrogens (primary N) is 1. The monoisotopic (exact) mass is 294 g/mol. The molecule has 1 aliphatic heterocycles. The maximum atomic E-state index is 13.8. The molecule has 1 aromatic carbocycles. The minimum Gasteiger partial charge on any atom is -0.338 e. The van der Waals surface area contributed by atoms with E-state index in [0.717, 1.165) is 37.9 Å². The second-order valence-corrected chi connectivity index (χ2v) is 6.03. The molecule has 3 atom stereocenters. The number of likely N-dealkylation sites (tertiary alicyclic amines) is 1. The first kappa shape index (κ1) is 14.4. The van der Waals surface area contributed by atoms with Gasteiger partial charge in [0, 0.05) is 25.0 Å². The van der Waals surface area contributed by atoms with Crippen LogP contribution in [0.2, 0.25) is 0 Å². The molecule has 114 valence electrons. The third kappa shape index (κ3) is 2.79. The van der Waals surface area contributed by atoms with Crippen LogP contribution in [0.15, 0.2) is 18.2 Å². The molecule has 3 rings (SSSR count). The Labute approximate surface area is 123 Å². The number of piperidine rings is 1. The number of nitrogens with zero attached hydrogens (tertiary/aromatic N) is 1. The van der Waals surface area contributed by atoms with Crippen LogP contribution in [0, 0.1) is 17.6 Å². The Morgan fingerprint density at radius 3 is 2.90 bits per heavy atom. The zero-order chi connectivity index (χ0) is 15.0. The van der Waals surface area contributed by atoms with E-state index in [1.165, 1.54) is 6.07 Å². The van der Waals surface area contributed by atoms with Crippen LogP contribution < -0.4 is 5.73 Å². The van der Waals surface area contributed by atoms with Crippen LogP contribution in [0.3, 0.4) is 0 Å². The van der Waals surface area contributed by atoms with Gasteiger partial charge in [-0.1, -0.05) is 0 Å². The molecular weight excluding hydrogens is 274 g/mol. The summed E-state index contributed by atoms with van der Waals surface area (Å²) in [6, 6.07) is 3.55. The molecule has 1 aliphatic carbocycles. The van der Waals surface area contributed by atoms with Crippen molar-refractivity contribution in [1.29, 1.82) is 0 Å². The van der Waals surface area contributed by atoms with Gasteiger partial charge in [0.05, 0.1) is 0 Å². The number of halogens is 2. The van der Waals surface area contributed by atoms with E-state index in [2.05, 4.69) is 0 Å². The van der Waals surface area contributed by atoms with Crippen LogP contribution >= 0.6 is 0 Å². The van der Waals surface area contributed by atoms with Gasteiger partial charge < -0.3 is 10.6 Å². The van der Waals surface area contributed by atoms with Gasteiger partial charge in [-0.05, 0) is 55.4 Å². The van der Waals surface area contributed by atoms with Gasteiger partial charge >= 0.3 is 0 Å². The minimum absolute atomic E-state index is 0.0545. The molecule has 1 saturated carbocycles. The molecule has 2 fully saturated rings. The average molecular weight is 294 g/mol. The zero-order valence-corrected chi connectivity index (χ0v) is 11.9. The quantitative estimate of drug-likeness (QED) is 0.930. The van der Waals surface area contributed by atoms with Crippen molar-refractivity contribution in [1.82, 2.24) is 4.90 Å². The Bertz CT molecular complexity index is 549. The second-order valence-electron chi connectivity index (χ2n) is 6.03. The van der Waals surface area contributed by atoms with E-state index in [1.807, 2.05) is 4.90 Å². The number of amides is 1. The highest BCUT2D eigenvalue weighted by atomic mass is 19.1. The maximum Gasteiger partial charge on any atom is 0.226 e. The summed E-state index contributed by atoms with van der Waals surface area (Å²) in [7, 11) is 0. The summed E-state index contributed by atoms with van der Waals surface area (Å²) in [5.74, 6) is -1.23. The highest BCUT2D eigenvalue weighted by Crippen LogP contribution is 2.49. The fourth-order valence-electron chi connectivity index (χ4n) is 3.36. The lowest BCUT2D eigenvalue weighted by Gasteiger charge is -2.35. The van der Waals surface area contributed by atoms with Crippen LogP contribution in [-0.2, 0) is 4.79 Å². The predicted molar refractivity (Wildman–Crippen MR) is 75.6 cm³/mol. The van der Waals surface area contributed by atoms with E-state index in [0.29, 0.717) is 18.5 Å². The van der Waals surface area contributed by atoms with E-state index in [1.54, 1.807) is 0 Å². The molecule has 2 aliphatic rings. The van der Waals surface area contributed by atoms with Crippen LogP contribution in [0.4, 0.5) is 8.78 Å². The van der Waals surface area contributed by atoms with Gasteiger partial charge in [-0.15, -0.1) is 0 Å². The topological polar surface area (TPSA) is 46.3 Å². The SMILES string of the molecule is NCC1CCCCN1C(=O)C1CC1c1cc(F)ccc1F. The average Bonchev–Trinajstić information content (AvgIpc) is 3.29. The molecule has 21 heavy (non-hydrogen) atoms. The number of benzene rings is 1. The molecule has 1 amide bonds. The summed E-state index contributed by atoms with van der Waals surface area (Å²) >= 11 is 0. The molecule has 3 unspecified atom stereocenters. The van der Waals surface area contributed by atoms with Crippen LogP contribution in [0.5, 0.6) is 0 Å². The van der Waals surface area contributed by atoms with E-state index in [4.69, 9.17) is 5.73 Å². The fraction of sp³-hybridized carbons (Fsp3) is 0.562. The van der Waals surface area contributed by atoms with Crippen molar-refractivity contribution in [3.05, 3.63) is 35.4 Å². The first-order valence-electron chi connectivity index (χ1n) is 7.57. The van der Waals surface area contributed by atoms with Gasteiger partial charge in [0.2, 0.25) is 5.91 Å². The summed E-state index contributed by atoms with van der Waals surface area (Å²) in [5.41, 5.74) is 6.07. The molecule has 0 aromatic heterocycles. The second kappa shape index (κ2) is 5.72. The Balaban J connectivity index is 1.72. The highest BCUT2D eigenvalue weighted by molar-refractivity contribution is 5.83. The van der Waals surface area contributed by atoms with E-state index >= 15 is 0 Å². The van der Waals surface area contributed by atoms with E-state index < -0.39 is 11.6 Å². The Kier molecular flexibility index (Phi) is 3.93. The van der Waals surface area contributed by atoms with Gasteiger partial charge in [-0.2, -0.15) is 0 Å². The third-order valence-electron chi connectivity index (χ3n) is 4.65. The maximum absolute atomic E-state index is 13.8. The molecule has 1 aromatic rings. The molecule has 0 radical (unpaired) electrons. The molecule has 0 spiro atoms. The van der Waals surface area contributed by atoms with Gasteiger partial charge in [0.15, 0.2) is 0 Å². The smallest absolute Gasteiger partial charge is 0.226 e. The lowest BCUT2D eigenvalue weighted by molar-refractivity contribution is -0.136. The largest absolute Gasteiger partial charge is 0.338 e. The normalized spacial score (nSPS) is 28.5. The van der Waals surface area contributed by atoms with Crippen molar-refractivity contribution in [2.24, 2.45) is 11.7 Å². The third-order valence-corrected chi connectivity index (χ3v) is 4.65. The molecule has 1 heterocycles. The summed E-state index contributed by atoms with van der Waals surface area (Å²) < 4.78 is 27.0. The number of hydrogen-bond donors (Lipinski definition) is 1. The van der Waals surface area contributed by atoms with Gasteiger partial charge in [0.25, 0.3) is 0 Å². The van der Waals surface area contributed by atoms with Gasteiger partial charge in [-0.3, -0.25) is 4.79 Å². The van der Waals surface area contributed by atoms with Crippen LogP contribution in [-0.4, -0.2) is 29.9 Å². The van der Waals surface area contributed by atoms with Crippen molar-refractivity contribution in [2.75, 3.05) is 13.1 Å². The molecule has 0 bridgehead atoms. The van der Waals surface area contributed by atoms with E-state index in [9.17, 15) is 13.6 Å².